The number of fused-ring (bicyclic) bond motifs is 5. The van der Waals surface area contributed by atoms with Crippen molar-refractivity contribution in [2.45, 2.75) is 51.1 Å². The monoisotopic (exact) mass is 465 g/mol. The van der Waals surface area contributed by atoms with Gasteiger partial charge in [-0.3, -0.25) is 9.20 Å². The smallest absolute Gasteiger partial charge is 0.230 e. The van der Waals surface area contributed by atoms with Gasteiger partial charge in [-0.2, -0.15) is 0 Å². The second-order valence-electron chi connectivity index (χ2n) is 8.43. The molecule has 0 saturated carbocycles. The number of aryl methyl sites for hydroxylation is 2. The van der Waals surface area contributed by atoms with Crippen molar-refractivity contribution in [3.05, 3.63) is 52.2 Å². The molecular formula is C24H27N5OS2. The highest BCUT2D eigenvalue weighted by Crippen LogP contribution is 2.39. The maximum Gasteiger partial charge on any atom is 0.230 e. The fraction of sp³-hybridized carbons (Fsp3) is 0.417. The number of hydrogen-bond acceptors (Lipinski definition) is 6. The Kier molecular flexibility index (Phi) is 6.15. The van der Waals surface area contributed by atoms with Gasteiger partial charge in [0, 0.05) is 17.8 Å². The third kappa shape index (κ3) is 4.13. The first-order valence-electron chi connectivity index (χ1n) is 11.3. The first-order valence-corrected chi connectivity index (χ1v) is 13.1. The van der Waals surface area contributed by atoms with Crippen LogP contribution < -0.4 is 5.32 Å². The van der Waals surface area contributed by atoms with E-state index in [1.165, 1.54) is 39.6 Å². The van der Waals surface area contributed by atoms with Crippen LogP contribution in [0, 0.1) is 5.92 Å². The van der Waals surface area contributed by atoms with Crippen molar-refractivity contribution >= 4 is 44.9 Å². The zero-order valence-corrected chi connectivity index (χ0v) is 20.1. The molecule has 1 aliphatic carbocycles. The number of thiophene rings is 1. The first-order chi connectivity index (χ1) is 15.6. The van der Waals surface area contributed by atoms with Crippen LogP contribution in [-0.4, -0.2) is 37.8 Å². The fourth-order valence-electron chi connectivity index (χ4n) is 4.38. The Morgan fingerprint density at radius 2 is 2.12 bits per heavy atom. The van der Waals surface area contributed by atoms with Gasteiger partial charge in [0.1, 0.15) is 10.7 Å². The summed E-state index contributed by atoms with van der Waals surface area (Å²) >= 11 is 3.25. The molecule has 0 radical (unpaired) electrons. The standard InChI is InChI=1S/C24H27N5OS2/c1-3-19-26-23-21(17-10-9-15(2)13-18(17)32-23)22-27-28-24(29(19)22)31-14-20(30)25-12-11-16-7-5-4-6-8-16/h4-8,15H,3,9-14H2,1-2H3,(H,25,30)/t15-/m1/s1. The molecular weight excluding hydrogens is 438 g/mol. The molecule has 0 bridgehead atoms. The van der Waals surface area contributed by atoms with Gasteiger partial charge in [-0.1, -0.05) is 55.9 Å². The van der Waals surface area contributed by atoms with E-state index >= 15 is 0 Å². The predicted octanol–water partition coefficient (Wildman–Crippen LogP) is 4.48. The maximum absolute atomic E-state index is 12.4. The fourth-order valence-corrected chi connectivity index (χ4v) is 6.56. The third-order valence-electron chi connectivity index (χ3n) is 6.07. The van der Waals surface area contributed by atoms with E-state index in [4.69, 9.17) is 4.98 Å². The Labute approximate surface area is 195 Å². The van der Waals surface area contributed by atoms with Gasteiger partial charge in [0.15, 0.2) is 10.8 Å². The lowest BCUT2D eigenvalue weighted by Crippen LogP contribution is -2.27. The van der Waals surface area contributed by atoms with Gasteiger partial charge in [-0.05, 0) is 42.7 Å². The number of hydrogen-bond donors (Lipinski definition) is 1. The summed E-state index contributed by atoms with van der Waals surface area (Å²) in [6, 6.07) is 10.2. The molecule has 4 aromatic rings. The van der Waals surface area contributed by atoms with Crippen molar-refractivity contribution < 1.29 is 4.79 Å². The van der Waals surface area contributed by atoms with E-state index < -0.39 is 0 Å². The Bertz CT molecular complexity index is 1260. The van der Waals surface area contributed by atoms with Crippen molar-refractivity contribution in [1.82, 2.24) is 24.9 Å². The van der Waals surface area contributed by atoms with Gasteiger partial charge in [-0.15, -0.1) is 21.5 Å². The SMILES string of the molecule is CCc1nc2sc3c(c2c2nnc(SCC(=O)NCCc4ccccc4)n12)CC[C@@H](C)C3. The van der Waals surface area contributed by atoms with E-state index in [1.54, 1.807) is 0 Å². The van der Waals surface area contributed by atoms with Crippen molar-refractivity contribution in [2.24, 2.45) is 5.92 Å². The molecule has 0 unspecified atom stereocenters. The summed E-state index contributed by atoms with van der Waals surface area (Å²) in [7, 11) is 0. The minimum Gasteiger partial charge on any atom is -0.355 e. The summed E-state index contributed by atoms with van der Waals surface area (Å²) in [5, 5.41) is 13.9. The van der Waals surface area contributed by atoms with Crippen molar-refractivity contribution in [3.8, 4) is 0 Å². The summed E-state index contributed by atoms with van der Waals surface area (Å²) in [5.41, 5.74) is 3.52. The lowest BCUT2D eigenvalue weighted by molar-refractivity contribution is -0.118. The van der Waals surface area contributed by atoms with E-state index in [9.17, 15) is 4.79 Å². The number of rotatable bonds is 7. The molecule has 0 saturated heterocycles. The van der Waals surface area contributed by atoms with Crippen molar-refractivity contribution in [3.63, 3.8) is 0 Å². The number of amides is 1. The second kappa shape index (κ2) is 9.19. The molecule has 3 heterocycles. The number of nitrogens with one attached hydrogen (secondary N) is 1. The van der Waals surface area contributed by atoms with Gasteiger partial charge in [0.25, 0.3) is 0 Å². The van der Waals surface area contributed by atoms with Crippen LogP contribution in [0.15, 0.2) is 35.5 Å². The molecule has 5 rings (SSSR count). The molecule has 1 atom stereocenters. The van der Waals surface area contributed by atoms with Crippen LogP contribution >= 0.6 is 23.1 Å². The van der Waals surface area contributed by atoms with Gasteiger partial charge in [-0.25, -0.2) is 4.98 Å². The first kappa shape index (κ1) is 21.4. The number of carbonyl (C=O) groups excluding carboxylic acids is 1. The molecule has 32 heavy (non-hydrogen) atoms. The Balaban J connectivity index is 1.34. The van der Waals surface area contributed by atoms with Crippen molar-refractivity contribution in [1.29, 1.82) is 0 Å². The van der Waals surface area contributed by atoms with Crippen LogP contribution in [0.1, 0.15) is 42.1 Å². The number of thioether (sulfide) groups is 1. The second-order valence-corrected chi connectivity index (χ2v) is 10.5. The lowest BCUT2D eigenvalue weighted by atomic mass is 9.89. The largest absolute Gasteiger partial charge is 0.355 e. The average Bonchev–Trinajstić information content (AvgIpc) is 3.38. The van der Waals surface area contributed by atoms with Crippen LogP contribution in [0.4, 0.5) is 0 Å². The van der Waals surface area contributed by atoms with Gasteiger partial charge in [0.2, 0.25) is 5.91 Å². The molecule has 0 spiro atoms. The Hall–Kier alpha value is -2.45. The summed E-state index contributed by atoms with van der Waals surface area (Å²) in [6.45, 7) is 5.06. The van der Waals surface area contributed by atoms with Crippen molar-refractivity contribution in [2.75, 3.05) is 12.3 Å². The minimum absolute atomic E-state index is 0.0108. The van der Waals surface area contributed by atoms with Crippen LogP contribution in [0.5, 0.6) is 0 Å². The number of nitrogens with zero attached hydrogens (tertiary/aromatic N) is 4. The van der Waals surface area contributed by atoms with E-state index in [1.807, 2.05) is 29.5 Å². The maximum atomic E-state index is 12.4. The molecule has 6 nitrogen and oxygen atoms in total. The van der Waals surface area contributed by atoms with Gasteiger partial charge >= 0.3 is 0 Å². The van der Waals surface area contributed by atoms with E-state index in [-0.39, 0.29) is 5.91 Å². The molecule has 0 fully saturated rings. The molecule has 1 aliphatic rings. The predicted molar refractivity (Wildman–Crippen MR) is 131 cm³/mol. The molecule has 166 valence electrons. The molecule has 1 N–H and O–H groups in total. The molecule has 3 aromatic heterocycles. The number of aromatic nitrogens is 4. The van der Waals surface area contributed by atoms with Crippen LogP contribution in [0.25, 0.3) is 15.9 Å². The van der Waals surface area contributed by atoms with Crippen LogP contribution in [-0.2, 0) is 30.5 Å². The zero-order valence-electron chi connectivity index (χ0n) is 18.4. The van der Waals surface area contributed by atoms with E-state index in [2.05, 4.69) is 45.9 Å². The minimum atomic E-state index is 0.0108. The normalized spacial score (nSPS) is 15.9. The topological polar surface area (TPSA) is 72.2 Å². The highest BCUT2D eigenvalue weighted by atomic mass is 32.2. The highest BCUT2D eigenvalue weighted by molar-refractivity contribution is 7.99. The van der Waals surface area contributed by atoms with E-state index in [0.717, 1.165) is 53.1 Å². The summed E-state index contributed by atoms with van der Waals surface area (Å²) < 4.78 is 2.06. The number of carbonyl (C=O) groups is 1. The number of benzene rings is 1. The van der Waals surface area contributed by atoms with E-state index in [0.29, 0.717) is 12.3 Å². The third-order valence-corrected chi connectivity index (χ3v) is 8.14. The highest BCUT2D eigenvalue weighted by Gasteiger charge is 2.25. The summed E-state index contributed by atoms with van der Waals surface area (Å²) in [5.74, 6) is 2.00. The Morgan fingerprint density at radius 3 is 2.94 bits per heavy atom. The van der Waals surface area contributed by atoms with Gasteiger partial charge in [0.05, 0.1) is 11.1 Å². The van der Waals surface area contributed by atoms with Gasteiger partial charge < -0.3 is 5.32 Å². The Morgan fingerprint density at radius 1 is 1.28 bits per heavy atom. The zero-order chi connectivity index (χ0) is 22.1. The molecule has 8 heteroatoms. The molecule has 1 aromatic carbocycles. The van der Waals surface area contributed by atoms with Crippen LogP contribution in [0.3, 0.4) is 0 Å². The average molecular weight is 466 g/mol. The quantitative estimate of drug-likeness (QED) is 0.408. The summed E-state index contributed by atoms with van der Waals surface area (Å²) in [4.78, 5) is 19.9. The lowest BCUT2D eigenvalue weighted by Gasteiger charge is -2.17. The molecule has 0 aliphatic heterocycles. The summed E-state index contributed by atoms with van der Waals surface area (Å²) in [6.07, 6.45) is 5.04. The molecule has 1 amide bonds. The van der Waals surface area contributed by atoms with Crippen LogP contribution in [0.2, 0.25) is 0 Å².